The number of hydrogen-bond acceptors (Lipinski definition) is 2. The van der Waals surface area contributed by atoms with Crippen molar-refractivity contribution in [3.05, 3.63) is 35.2 Å². The SMILES string of the molecule is CN1CCCC2C=C(c3cn(C)nc3C(F)(F)F)C(C(F)F)=CC21. The van der Waals surface area contributed by atoms with Gasteiger partial charge in [-0.2, -0.15) is 18.3 Å². The smallest absolute Gasteiger partial charge is 0.299 e. The zero-order valence-electron chi connectivity index (χ0n) is 13.3. The number of halogens is 5. The lowest BCUT2D eigenvalue weighted by molar-refractivity contribution is -0.141. The van der Waals surface area contributed by atoms with Gasteiger partial charge in [0.25, 0.3) is 6.43 Å². The van der Waals surface area contributed by atoms with Gasteiger partial charge in [-0.25, -0.2) is 8.78 Å². The number of aromatic nitrogens is 2. The van der Waals surface area contributed by atoms with Crippen molar-refractivity contribution in [2.24, 2.45) is 13.0 Å². The Kier molecular flexibility index (Phi) is 4.27. The van der Waals surface area contributed by atoms with Crippen molar-refractivity contribution < 1.29 is 22.0 Å². The highest BCUT2D eigenvalue weighted by atomic mass is 19.4. The van der Waals surface area contributed by atoms with Crippen LogP contribution in [-0.4, -0.2) is 40.7 Å². The van der Waals surface area contributed by atoms with Crippen LogP contribution < -0.4 is 0 Å². The van der Waals surface area contributed by atoms with Crippen LogP contribution in [0.25, 0.3) is 5.57 Å². The molecule has 1 aliphatic carbocycles. The maximum Gasteiger partial charge on any atom is 0.435 e. The van der Waals surface area contributed by atoms with E-state index < -0.39 is 18.3 Å². The van der Waals surface area contributed by atoms with Crippen molar-refractivity contribution >= 4 is 5.57 Å². The molecular formula is C16H18F5N3. The molecule has 2 atom stereocenters. The first-order valence-electron chi connectivity index (χ1n) is 7.72. The van der Waals surface area contributed by atoms with Gasteiger partial charge in [-0.05, 0) is 37.9 Å². The zero-order chi connectivity index (χ0) is 17.6. The fourth-order valence-corrected chi connectivity index (χ4v) is 3.57. The van der Waals surface area contributed by atoms with Crippen LogP contribution in [0.5, 0.6) is 0 Å². The maximum atomic E-state index is 13.5. The molecule has 3 rings (SSSR count). The first kappa shape index (κ1) is 17.1. The fourth-order valence-electron chi connectivity index (χ4n) is 3.57. The van der Waals surface area contributed by atoms with E-state index >= 15 is 0 Å². The van der Waals surface area contributed by atoms with Crippen molar-refractivity contribution in [3.8, 4) is 0 Å². The molecule has 0 N–H and O–H groups in total. The number of nitrogens with zero attached hydrogens (tertiary/aromatic N) is 3. The largest absolute Gasteiger partial charge is 0.435 e. The Bertz CT molecular complexity index is 686. The average Bonchev–Trinajstić information content (AvgIpc) is 2.88. The van der Waals surface area contributed by atoms with E-state index in [0.29, 0.717) is 0 Å². The van der Waals surface area contributed by atoms with Crippen molar-refractivity contribution in [1.82, 2.24) is 14.7 Å². The number of hydrogen-bond donors (Lipinski definition) is 0. The Morgan fingerprint density at radius 3 is 2.54 bits per heavy atom. The highest BCUT2D eigenvalue weighted by molar-refractivity contribution is 5.82. The lowest BCUT2D eigenvalue weighted by atomic mass is 9.79. The molecule has 0 amide bonds. The van der Waals surface area contributed by atoms with E-state index in [0.717, 1.165) is 30.3 Å². The van der Waals surface area contributed by atoms with Gasteiger partial charge in [0.2, 0.25) is 0 Å². The molecule has 0 saturated carbocycles. The molecule has 1 aromatic heterocycles. The predicted molar refractivity (Wildman–Crippen MR) is 79.4 cm³/mol. The molecule has 1 saturated heterocycles. The van der Waals surface area contributed by atoms with Crippen LogP contribution in [0.3, 0.4) is 0 Å². The quantitative estimate of drug-likeness (QED) is 0.760. The van der Waals surface area contributed by atoms with Gasteiger partial charge < -0.3 is 0 Å². The van der Waals surface area contributed by atoms with Gasteiger partial charge in [0.05, 0.1) is 0 Å². The second kappa shape index (κ2) is 5.98. The Hall–Kier alpha value is -1.70. The normalized spacial score (nSPS) is 25.5. The molecule has 0 bridgehead atoms. The van der Waals surface area contributed by atoms with Crippen molar-refractivity contribution in [2.45, 2.75) is 31.5 Å². The van der Waals surface area contributed by atoms with E-state index in [4.69, 9.17) is 0 Å². The number of piperidine rings is 1. The lowest BCUT2D eigenvalue weighted by Crippen LogP contribution is -2.42. The average molecular weight is 347 g/mol. The highest BCUT2D eigenvalue weighted by Crippen LogP contribution is 2.42. The summed E-state index contributed by atoms with van der Waals surface area (Å²) in [6.07, 6.45) is -1.70. The van der Waals surface area contributed by atoms with Gasteiger partial charge in [0, 0.05) is 30.4 Å². The molecule has 132 valence electrons. The number of likely N-dealkylation sites (tertiary alicyclic amines) is 1. The van der Waals surface area contributed by atoms with Gasteiger partial charge in [0.15, 0.2) is 5.69 Å². The summed E-state index contributed by atoms with van der Waals surface area (Å²) in [5.41, 5.74) is -1.78. The molecule has 1 aromatic rings. The molecule has 8 heteroatoms. The van der Waals surface area contributed by atoms with Crippen LogP contribution in [0.2, 0.25) is 0 Å². The third-order valence-corrected chi connectivity index (χ3v) is 4.66. The molecule has 0 aromatic carbocycles. The Balaban J connectivity index is 2.11. The number of rotatable bonds is 2. The van der Waals surface area contributed by atoms with Gasteiger partial charge >= 0.3 is 6.18 Å². The highest BCUT2D eigenvalue weighted by Gasteiger charge is 2.41. The van der Waals surface area contributed by atoms with Crippen LogP contribution in [0, 0.1) is 5.92 Å². The monoisotopic (exact) mass is 347 g/mol. The summed E-state index contributed by atoms with van der Waals surface area (Å²) in [6, 6.07) is -0.197. The number of fused-ring (bicyclic) bond motifs is 1. The number of alkyl halides is 5. The summed E-state index contributed by atoms with van der Waals surface area (Å²) in [4.78, 5) is 1.97. The number of aryl methyl sites for hydroxylation is 1. The third kappa shape index (κ3) is 2.99. The number of likely N-dealkylation sites (N-methyl/N-ethyl adjacent to an activating group) is 1. The first-order valence-corrected chi connectivity index (χ1v) is 7.72. The van der Waals surface area contributed by atoms with Crippen LogP contribution in [0.1, 0.15) is 24.1 Å². The molecule has 0 spiro atoms. The van der Waals surface area contributed by atoms with Gasteiger partial charge in [-0.3, -0.25) is 9.58 Å². The molecule has 24 heavy (non-hydrogen) atoms. The van der Waals surface area contributed by atoms with Crippen molar-refractivity contribution in [2.75, 3.05) is 13.6 Å². The summed E-state index contributed by atoms with van der Waals surface area (Å²) >= 11 is 0. The minimum absolute atomic E-state index is 0.0398. The summed E-state index contributed by atoms with van der Waals surface area (Å²) in [6.45, 7) is 0.790. The second-order valence-corrected chi connectivity index (χ2v) is 6.34. The molecule has 1 aliphatic heterocycles. The second-order valence-electron chi connectivity index (χ2n) is 6.34. The molecule has 2 heterocycles. The maximum absolute atomic E-state index is 13.5. The van der Waals surface area contributed by atoms with E-state index in [-0.39, 0.29) is 28.7 Å². The molecular weight excluding hydrogens is 329 g/mol. The minimum atomic E-state index is -4.69. The zero-order valence-corrected chi connectivity index (χ0v) is 13.3. The molecule has 1 fully saturated rings. The van der Waals surface area contributed by atoms with E-state index in [9.17, 15) is 22.0 Å². The third-order valence-electron chi connectivity index (χ3n) is 4.66. The predicted octanol–water partition coefficient (Wildman–Crippen LogP) is 3.74. The van der Waals surface area contributed by atoms with Crippen LogP contribution >= 0.6 is 0 Å². The molecule has 3 nitrogen and oxygen atoms in total. The summed E-state index contributed by atoms with van der Waals surface area (Å²) in [7, 11) is 3.20. The van der Waals surface area contributed by atoms with E-state index in [1.165, 1.54) is 13.1 Å². The fraction of sp³-hybridized carbons (Fsp3) is 0.562. The van der Waals surface area contributed by atoms with Gasteiger partial charge in [-0.15, -0.1) is 0 Å². The molecule has 2 aliphatic rings. The van der Waals surface area contributed by atoms with Crippen molar-refractivity contribution in [1.29, 1.82) is 0 Å². The Morgan fingerprint density at radius 2 is 1.92 bits per heavy atom. The number of allylic oxidation sites excluding steroid dienone is 2. The van der Waals surface area contributed by atoms with E-state index in [1.807, 2.05) is 11.9 Å². The molecule has 2 unspecified atom stereocenters. The summed E-state index contributed by atoms with van der Waals surface area (Å²) < 4.78 is 67.8. The van der Waals surface area contributed by atoms with Crippen LogP contribution in [-0.2, 0) is 13.2 Å². The topological polar surface area (TPSA) is 21.1 Å². The summed E-state index contributed by atoms with van der Waals surface area (Å²) in [5.74, 6) is -0.0671. The standard InChI is InChI=1S/C16H18F5N3/c1-23-5-3-4-9-6-10(11(15(17)18)7-13(9)23)12-8-24(2)22-14(12)16(19,20)21/h6-9,13,15H,3-5H2,1-2H3. The Morgan fingerprint density at radius 1 is 1.21 bits per heavy atom. The minimum Gasteiger partial charge on any atom is -0.299 e. The first-order chi connectivity index (χ1) is 11.2. The van der Waals surface area contributed by atoms with Crippen LogP contribution in [0.15, 0.2) is 23.9 Å². The van der Waals surface area contributed by atoms with E-state index in [2.05, 4.69) is 5.10 Å². The van der Waals surface area contributed by atoms with Gasteiger partial charge in [0.1, 0.15) is 0 Å². The summed E-state index contributed by atoms with van der Waals surface area (Å²) in [5, 5.41) is 3.44. The molecule has 0 radical (unpaired) electrons. The Labute approximate surface area is 136 Å². The lowest BCUT2D eigenvalue weighted by Gasteiger charge is -2.39. The van der Waals surface area contributed by atoms with E-state index in [1.54, 1.807) is 6.08 Å². The van der Waals surface area contributed by atoms with Crippen LogP contribution in [0.4, 0.5) is 22.0 Å². The van der Waals surface area contributed by atoms with Crippen molar-refractivity contribution in [3.63, 3.8) is 0 Å². The van der Waals surface area contributed by atoms with Gasteiger partial charge in [-0.1, -0.05) is 12.2 Å².